The number of hydrogen-bond acceptors (Lipinski definition) is 4. The van der Waals surface area contributed by atoms with Crippen molar-refractivity contribution in [3.63, 3.8) is 0 Å². The SMILES string of the molecule is COc1cc2c3c(cc4ccccc4c3c1OC)OC2=O. The van der Waals surface area contributed by atoms with E-state index in [9.17, 15) is 4.79 Å². The second-order valence-corrected chi connectivity index (χ2v) is 4.89. The molecule has 1 heterocycles. The van der Waals surface area contributed by atoms with E-state index in [1.807, 2.05) is 30.3 Å². The highest BCUT2D eigenvalue weighted by atomic mass is 16.5. The molecular weight excluding hydrogens is 268 g/mol. The second kappa shape index (κ2) is 4.12. The highest BCUT2D eigenvalue weighted by Crippen LogP contribution is 2.48. The van der Waals surface area contributed by atoms with Gasteiger partial charge in [-0.3, -0.25) is 0 Å². The lowest BCUT2D eigenvalue weighted by Crippen LogP contribution is -2.01. The molecule has 4 rings (SSSR count). The number of ether oxygens (including phenoxy) is 3. The molecule has 0 aliphatic carbocycles. The Morgan fingerprint density at radius 3 is 2.57 bits per heavy atom. The number of hydrogen-bond donors (Lipinski definition) is 0. The van der Waals surface area contributed by atoms with Crippen LogP contribution in [0.4, 0.5) is 0 Å². The summed E-state index contributed by atoms with van der Waals surface area (Å²) in [4.78, 5) is 12.1. The van der Waals surface area contributed by atoms with Crippen LogP contribution in [0, 0.1) is 0 Å². The van der Waals surface area contributed by atoms with Crippen LogP contribution in [0.1, 0.15) is 10.4 Å². The normalized spacial score (nSPS) is 12.8. The maximum Gasteiger partial charge on any atom is 0.344 e. The molecule has 0 bridgehead atoms. The first-order valence-corrected chi connectivity index (χ1v) is 6.57. The van der Waals surface area contributed by atoms with Gasteiger partial charge in [0.1, 0.15) is 5.75 Å². The summed E-state index contributed by atoms with van der Waals surface area (Å²) >= 11 is 0. The minimum absolute atomic E-state index is 0.355. The highest BCUT2D eigenvalue weighted by Gasteiger charge is 2.29. The molecule has 0 N–H and O–H groups in total. The van der Waals surface area contributed by atoms with Crippen LogP contribution in [-0.4, -0.2) is 20.2 Å². The zero-order chi connectivity index (χ0) is 14.6. The Labute approximate surface area is 120 Å². The molecule has 0 amide bonds. The van der Waals surface area contributed by atoms with E-state index >= 15 is 0 Å². The maximum absolute atomic E-state index is 12.1. The number of methoxy groups -OCH3 is 2. The number of carbonyl (C=O) groups excluding carboxylic acids is 1. The van der Waals surface area contributed by atoms with Crippen LogP contribution in [-0.2, 0) is 0 Å². The molecule has 0 atom stereocenters. The third kappa shape index (κ3) is 1.47. The van der Waals surface area contributed by atoms with Crippen LogP contribution in [0.2, 0.25) is 0 Å². The lowest BCUT2D eigenvalue weighted by molar-refractivity contribution is 0.0754. The average Bonchev–Trinajstić information content (AvgIpc) is 2.83. The largest absolute Gasteiger partial charge is 0.493 e. The molecule has 104 valence electrons. The van der Waals surface area contributed by atoms with Gasteiger partial charge in [-0.05, 0) is 22.9 Å². The monoisotopic (exact) mass is 280 g/mol. The Morgan fingerprint density at radius 1 is 1.00 bits per heavy atom. The lowest BCUT2D eigenvalue weighted by Gasteiger charge is -2.13. The summed E-state index contributed by atoms with van der Waals surface area (Å²) in [6.07, 6.45) is 0. The van der Waals surface area contributed by atoms with Gasteiger partial charge in [-0.2, -0.15) is 0 Å². The summed E-state index contributed by atoms with van der Waals surface area (Å²) in [5.74, 6) is 1.37. The molecule has 1 aliphatic heterocycles. The van der Waals surface area contributed by atoms with Crippen molar-refractivity contribution in [2.75, 3.05) is 14.2 Å². The van der Waals surface area contributed by atoms with Crippen LogP contribution in [0.15, 0.2) is 36.4 Å². The molecule has 0 spiro atoms. The van der Waals surface area contributed by atoms with Gasteiger partial charge in [0.05, 0.1) is 19.8 Å². The molecule has 21 heavy (non-hydrogen) atoms. The van der Waals surface area contributed by atoms with E-state index in [-0.39, 0.29) is 5.97 Å². The van der Waals surface area contributed by atoms with Gasteiger partial charge < -0.3 is 14.2 Å². The molecular formula is C17H12O4. The van der Waals surface area contributed by atoms with Crippen LogP contribution in [0.5, 0.6) is 17.2 Å². The summed E-state index contributed by atoms with van der Waals surface area (Å²) in [6, 6.07) is 11.5. The third-order valence-corrected chi connectivity index (χ3v) is 3.86. The van der Waals surface area contributed by atoms with E-state index in [1.165, 1.54) is 0 Å². The Kier molecular flexibility index (Phi) is 2.36. The number of rotatable bonds is 2. The van der Waals surface area contributed by atoms with E-state index in [0.29, 0.717) is 22.8 Å². The van der Waals surface area contributed by atoms with Gasteiger partial charge in [0, 0.05) is 10.8 Å². The topological polar surface area (TPSA) is 44.8 Å². The fourth-order valence-corrected chi connectivity index (χ4v) is 2.97. The van der Waals surface area contributed by atoms with Crippen LogP contribution in [0.3, 0.4) is 0 Å². The fraction of sp³-hybridized carbons (Fsp3) is 0.118. The first-order valence-electron chi connectivity index (χ1n) is 6.57. The summed E-state index contributed by atoms with van der Waals surface area (Å²) in [5.41, 5.74) is 0.517. The second-order valence-electron chi connectivity index (χ2n) is 4.89. The molecule has 0 radical (unpaired) electrons. The molecule has 3 aromatic rings. The van der Waals surface area contributed by atoms with Crippen molar-refractivity contribution in [3.05, 3.63) is 42.0 Å². The number of fused-ring (bicyclic) bond motifs is 2. The van der Waals surface area contributed by atoms with Gasteiger partial charge in [0.25, 0.3) is 0 Å². The first kappa shape index (κ1) is 12.0. The van der Waals surface area contributed by atoms with Gasteiger partial charge in [-0.15, -0.1) is 0 Å². The lowest BCUT2D eigenvalue weighted by atomic mass is 9.97. The molecule has 0 saturated carbocycles. The first-order chi connectivity index (χ1) is 10.2. The number of carbonyl (C=O) groups is 1. The van der Waals surface area contributed by atoms with Gasteiger partial charge in [-0.25, -0.2) is 4.79 Å². The van der Waals surface area contributed by atoms with Crippen LogP contribution in [0.25, 0.3) is 21.5 Å². The number of benzene rings is 3. The zero-order valence-electron chi connectivity index (χ0n) is 11.6. The Hall–Kier alpha value is -2.75. The Bertz CT molecular complexity index is 912. The van der Waals surface area contributed by atoms with Crippen molar-refractivity contribution >= 4 is 27.5 Å². The van der Waals surface area contributed by atoms with E-state index in [4.69, 9.17) is 14.2 Å². The minimum atomic E-state index is -0.355. The molecule has 0 fully saturated rings. The molecule has 3 aromatic carbocycles. The molecule has 0 unspecified atom stereocenters. The van der Waals surface area contributed by atoms with Crippen molar-refractivity contribution in [3.8, 4) is 17.2 Å². The van der Waals surface area contributed by atoms with E-state index < -0.39 is 0 Å². The smallest absolute Gasteiger partial charge is 0.344 e. The average molecular weight is 280 g/mol. The molecule has 0 saturated heterocycles. The summed E-state index contributed by atoms with van der Waals surface area (Å²) < 4.78 is 16.3. The van der Waals surface area contributed by atoms with E-state index in [0.717, 1.165) is 21.5 Å². The Morgan fingerprint density at radius 2 is 1.81 bits per heavy atom. The van der Waals surface area contributed by atoms with Gasteiger partial charge in [0.2, 0.25) is 0 Å². The quantitative estimate of drug-likeness (QED) is 0.409. The summed E-state index contributed by atoms with van der Waals surface area (Å²) in [5, 5.41) is 3.64. The maximum atomic E-state index is 12.1. The van der Waals surface area contributed by atoms with Crippen LogP contribution >= 0.6 is 0 Å². The molecule has 4 heteroatoms. The van der Waals surface area contributed by atoms with E-state index in [2.05, 4.69) is 0 Å². The minimum Gasteiger partial charge on any atom is -0.493 e. The van der Waals surface area contributed by atoms with Crippen molar-refractivity contribution < 1.29 is 19.0 Å². The highest BCUT2D eigenvalue weighted by molar-refractivity contribution is 6.23. The molecule has 1 aliphatic rings. The standard InChI is InChI=1S/C17H12O4/c1-19-13-8-11-14-12(21-17(11)18)7-9-5-3-4-6-10(9)15(14)16(13)20-2/h3-8H,1-2H3. The molecule has 0 aromatic heterocycles. The van der Waals surface area contributed by atoms with Crippen molar-refractivity contribution in [1.82, 2.24) is 0 Å². The Balaban J connectivity index is 2.32. The third-order valence-electron chi connectivity index (χ3n) is 3.86. The van der Waals surface area contributed by atoms with Crippen molar-refractivity contribution in [1.29, 1.82) is 0 Å². The predicted molar refractivity (Wildman–Crippen MR) is 79.5 cm³/mol. The van der Waals surface area contributed by atoms with E-state index in [1.54, 1.807) is 20.3 Å². The summed E-state index contributed by atoms with van der Waals surface area (Å²) in [7, 11) is 3.15. The van der Waals surface area contributed by atoms with Crippen molar-refractivity contribution in [2.45, 2.75) is 0 Å². The van der Waals surface area contributed by atoms with Gasteiger partial charge in [0.15, 0.2) is 11.5 Å². The predicted octanol–water partition coefficient (Wildman–Crippen LogP) is 3.54. The molecule has 4 nitrogen and oxygen atoms in total. The fourth-order valence-electron chi connectivity index (χ4n) is 2.97. The summed E-state index contributed by atoms with van der Waals surface area (Å²) in [6.45, 7) is 0. The zero-order valence-corrected chi connectivity index (χ0v) is 11.6. The van der Waals surface area contributed by atoms with Crippen molar-refractivity contribution in [2.24, 2.45) is 0 Å². The van der Waals surface area contributed by atoms with Gasteiger partial charge >= 0.3 is 5.97 Å². The van der Waals surface area contributed by atoms with Crippen LogP contribution < -0.4 is 14.2 Å². The van der Waals surface area contributed by atoms with Gasteiger partial charge in [-0.1, -0.05) is 24.3 Å². The number of esters is 1.